The SMILES string of the molecule is C=C/C(=C\C(=C/c1ccccc1)N(C(/C=C1/C=CC=CC1C)=C/C(=C\C)c1ccccc1)c1c(C)c(N(c2cc(-c3ccccc3)cc(-c3ccccc3)c2)c2cc(-c3ccccc3)cc(-c3ccccc3)c2)c(C)c(N(c2cc(-c3ccccc3)cc(-c3ccccc3)c2)c2cc(-c3ccccc3)cc(-c3ccccc3)c2)c1C)c1ccccc1. The monoisotopic (exact) mass is 1550 g/mol. The quantitative estimate of drug-likeness (QED) is 0.0558. The molecular formula is C118H95N3. The van der Waals surface area contributed by atoms with Gasteiger partial charge in [-0.3, -0.25) is 0 Å². The topological polar surface area (TPSA) is 9.72 Å². The van der Waals surface area contributed by atoms with E-state index in [1.165, 1.54) is 0 Å². The molecule has 3 nitrogen and oxygen atoms in total. The van der Waals surface area contributed by atoms with Crippen LogP contribution in [0, 0.1) is 26.7 Å². The second-order valence-electron chi connectivity index (χ2n) is 30.9. The van der Waals surface area contributed by atoms with Gasteiger partial charge in [0.2, 0.25) is 0 Å². The Balaban J connectivity index is 1.13. The third-order valence-electron chi connectivity index (χ3n) is 23.0. The molecule has 0 spiro atoms. The number of allylic oxidation sites excluding steroid dienone is 12. The van der Waals surface area contributed by atoms with E-state index in [9.17, 15) is 0 Å². The Hall–Kier alpha value is -15.2. The normalized spacial score (nSPS) is 13.3. The predicted octanol–water partition coefficient (Wildman–Crippen LogP) is 32.7. The molecule has 1 unspecified atom stereocenters. The van der Waals surface area contributed by atoms with Gasteiger partial charge < -0.3 is 14.7 Å². The van der Waals surface area contributed by atoms with Gasteiger partial charge in [-0.1, -0.05) is 384 Å². The van der Waals surface area contributed by atoms with E-state index in [1.54, 1.807) is 0 Å². The summed E-state index contributed by atoms with van der Waals surface area (Å²) in [6.07, 6.45) is 22.9. The second kappa shape index (κ2) is 36.6. The van der Waals surface area contributed by atoms with Crippen molar-refractivity contribution in [1.29, 1.82) is 0 Å². The van der Waals surface area contributed by atoms with Crippen LogP contribution in [-0.4, -0.2) is 0 Å². The first kappa shape index (κ1) is 78.4. The Labute approximate surface area is 714 Å². The minimum atomic E-state index is 0.0429. The number of nitrogens with zero attached hydrogens (tertiary/aromatic N) is 3. The Kier molecular flexibility index (Phi) is 23.7. The maximum atomic E-state index is 4.69. The molecule has 0 radical (unpaired) electrons. The Morgan fingerprint density at radius 3 is 0.843 bits per heavy atom. The first-order valence-electron chi connectivity index (χ1n) is 41.8. The zero-order valence-electron chi connectivity index (χ0n) is 69.1. The molecule has 1 aliphatic carbocycles. The van der Waals surface area contributed by atoms with Crippen molar-refractivity contribution in [3.63, 3.8) is 0 Å². The predicted molar refractivity (Wildman–Crippen MR) is 519 cm³/mol. The van der Waals surface area contributed by atoms with Crippen molar-refractivity contribution >= 4 is 57.0 Å². The average molecular weight is 1560 g/mol. The van der Waals surface area contributed by atoms with Gasteiger partial charge >= 0.3 is 0 Å². The van der Waals surface area contributed by atoms with Crippen LogP contribution in [0.25, 0.3) is 106 Å². The van der Waals surface area contributed by atoms with E-state index >= 15 is 0 Å². The average Bonchev–Trinajstić information content (AvgIpc) is 0.720. The van der Waals surface area contributed by atoms with E-state index in [-0.39, 0.29) is 5.92 Å². The Morgan fingerprint density at radius 1 is 0.289 bits per heavy atom. The minimum Gasteiger partial charge on any atom is -0.310 e. The fraction of sp³-hybridized carbons (Fsp3) is 0.0508. The van der Waals surface area contributed by atoms with Gasteiger partial charge in [-0.25, -0.2) is 0 Å². The highest BCUT2D eigenvalue weighted by atomic mass is 15.2. The van der Waals surface area contributed by atoms with Gasteiger partial charge in [-0.2, -0.15) is 0 Å². The minimum absolute atomic E-state index is 0.0429. The first-order valence-corrected chi connectivity index (χ1v) is 41.8. The second-order valence-corrected chi connectivity index (χ2v) is 30.9. The molecule has 0 saturated heterocycles. The van der Waals surface area contributed by atoms with Gasteiger partial charge in [-0.15, -0.1) is 0 Å². The number of hydrogen-bond acceptors (Lipinski definition) is 3. The van der Waals surface area contributed by atoms with Crippen LogP contribution in [0.3, 0.4) is 0 Å². The van der Waals surface area contributed by atoms with E-state index in [2.05, 4.69) is 517 Å². The van der Waals surface area contributed by atoms with Crippen LogP contribution < -0.4 is 14.7 Å². The van der Waals surface area contributed by atoms with E-state index in [4.69, 9.17) is 0 Å². The summed E-state index contributed by atoms with van der Waals surface area (Å²) in [7, 11) is 0. The molecule has 0 amide bonds. The van der Waals surface area contributed by atoms with Crippen LogP contribution >= 0.6 is 0 Å². The summed E-state index contributed by atoms with van der Waals surface area (Å²) in [5.74, 6) is 0.0429. The first-order chi connectivity index (χ1) is 59.6. The molecular weight excluding hydrogens is 1460 g/mol. The molecule has 16 aromatic carbocycles. The zero-order valence-corrected chi connectivity index (χ0v) is 69.1. The summed E-state index contributed by atoms with van der Waals surface area (Å²) in [4.78, 5) is 7.83. The number of anilines is 7. The van der Waals surface area contributed by atoms with Gasteiger partial charge in [0.05, 0.1) is 17.1 Å². The van der Waals surface area contributed by atoms with Crippen molar-refractivity contribution in [3.8, 4) is 89.0 Å². The van der Waals surface area contributed by atoms with Gasteiger partial charge in [0, 0.05) is 34.1 Å². The maximum Gasteiger partial charge on any atom is 0.0562 e. The van der Waals surface area contributed by atoms with Crippen molar-refractivity contribution in [2.45, 2.75) is 34.6 Å². The van der Waals surface area contributed by atoms with Crippen molar-refractivity contribution in [2.24, 2.45) is 5.92 Å². The molecule has 1 aliphatic rings. The summed E-state index contributed by atoms with van der Waals surface area (Å²) in [5.41, 5.74) is 35.4. The van der Waals surface area contributed by atoms with Crippen LogP contribution in [0.5, 0.6) is 0 Å². The summed E-state index contributed by atoms with van der Waals surface area (Å²) >= 11 is 0. The highest BCUT2D eigenvalue weighted by Gasteiger charge is 2.34. The lowest BCUT2D eigenvalue weighted by molar-refractivity contribution is 0.879. The lowest BCUT2D eigenvalue weighted by atomic mass is 9.90. The van der Waals surface area contributed by atoms with Crippen LogP contribution in [0.4, 0.5) is 39.8 Å². The molecule has 582 valence electrons. The molecule has 0 N–H and O–H groups in total. The van der Waals surface area contributed by atoms with Gasteiger partial charge in [0.25, 0.3) is 0 Å². The molecule has 0 aliphatic heterocycles. The molecule has 0 aromatic heterocycles. The molecule has 0 bridgehead atoms. The summed E-state index contributed by atoms with van der Waals surface area (Å²) in [5, 5.41) is 0. The zero-order chi connectivity index (χ0) is 82.4. The van der Waals surface area contributed by atoms with Gasteiger partial charge in [0.1, 0.15) is 0 Å². The van der Waals surface area contributed by atoms with Crippen molar-refractivity contribution < 1.29 is 0 Å². The van der Waals surface area contributed by atoms with E-state index in [0.717, 1.165) is 190 Å². The number of benzene rings is 16. The number of hydrogen-bond donors (Lipinski definition) is 0. The molecule has 16 aromatic rings. The van der Waals surface area contributed by atoms with Crippen LogP contribution in [0.2, 0.25) is 0 Å². The third-order valence-corrected chi connectivity index (χ3v) is 23.0. The Morgan fingerprint density at radius 2 is 0.562 bits per heavy atom. The van der Waals surface area contributed by atoms with E-state index in [1.807, 2.05) is 6.08 Å². The fourth-order valence-electron chi connectivity index (χ4n) is 17.0. The fourth-order valence-corrected chi connectivity index (χ4v) is 17.0. The van der Waals surface area contributed by atoms with Crippen molar-refractivity contribution in [2.75, 3.05) is 14.7 Å². The standard InChI is InChI=1S/C118H95N3/c1-7-89(91-47-22-10-23-48-91)73-110(68-88-45-20-9-21-46-88)119(111(75-101-67-43-42-44-84(101)3)74-90(8-2)92-49-24-11-25-50-92)116-85(4)117(120(112-76-102(93-51-26-12-27-52-93)69-103(77-112)94-53-28-13-29-54-94)113-78-104(95-55-30-14-31-56-95)70-105(79-113)96-57-32-15-33-58-96)87(6)118(86(116)5)121(114-80-106(97-59-34-16-35-60-97)71-107(81-114)98-61-36-17-37-62-98)115-82-108(99-63-38-18-39-64-99)72-109(83-115)100-65-40-19-41-66-100/h7-84H,1H2,2-6H3/b89-73+,90-8+,101-75-,110-68+,111-74+. The van der Waals surface area contributed by atoms with Crippen molar-refractivity contribution in [3.05, 3.63) is 518 Å². The lowest BCUT2D eigenvalue weighted by Gasteiger charge is -2.40. The summed E-state index contributed by atoms with van der Waals surface area (Å²) < 4.78 is 0. The molecule has 0 fully saturated rings. The summed E-state index contributed by atoms with van der Waals surface area (Å²) in [6, 6.07) is 149. The summed E-state index contributed by atoms with van der Waals surface area (Å²) in [6.45, 7) is 16.3. The van der Waals surface area contributed by atoms with Crippen molar-refractivity contribution in [1.82, 2.24) is 0 Å². The number of rotatable bonds is 24. The highest BCUT2D eigenvalue weighted by Crippen LogP contribution is 2.56. The van der Waals surface area contributed by atoms with Gasteiger partial charge in [0.15, 0.2) is 0 Å². The molecule has 121 heavy (non-hydrogen) atoms. The van der Waals surface area contributed by atoms with Crippen LogP contribution in [-0.2, 0) is 0 Å². The smallest absolute Gasteiger partial charge is 0.0562 e. The third kappa shape index (κ3) is 17.5. The molecule has 0 saturated carbocycles. The molecule has 1 atom stereocenters. The van der Waals surface area contributed by atoms with E-state index in [0.29, 0.717) is 0 Å². The lowest BCUT2D eigenvalue weighted by Crippen LogP contribution is -2.26. The molecule has 0 heterocycles. The van der Waals surface area contributed by atoms with Gasteiger partial charge in [-0.05, 0) is 270 Å². The molecule has 3 heteroatoms. The van der Waals surface area contributed by atoms with Crippen LogP contribution in [0.1, 0.15) is 47.2 Å². The molecule has 17 rings (SSSR count). The largest absolute Gasteiger partial charge is 0.310 e. The Bertz CT molecular complexity index is 5800. The highest BCUT2D eigenvalue weighted by molar-refractivity contribution is 6.01. The van der Waals surface area contributed by atoms with Crippen LogP contribution in [0.15, 0.2) is 485 Å². The van der Waals surface area contributed by atoms with E-state index < -0.39 is 0 Å². The maximum absolute atomic E-state index is 4.69.